The van der Waals surface area contributed by atoms with Gasteiger partial charge in [0.15, 0.2) is 0 Å². The number of hydrogen-bond acceptors (Lipinski definition) is 2. The summed E-state index contributed by atoms with van der Waals surface area (Å²) < 4.78 is 0. The van der Waals surface area contributed by atoms with Crippen molar-refractivity contribution in [2.24, 2.45) is 0 Å². The zero-order valence-electron chi connectivity index (χ0n) is 16.7. The molecule has 28 heavy (non-hydrogen) atoms. The molecule has 0 aliphatic carbocycles. The van der Waals surface area contributed by atoms with E-state index in [0.29, 0.717) is 6.54 Å². The molecular formula is C24H26N2O2. The molecule has 0 N–H and O–H groups in total. The third-order valence-corrected chi connectivity index (χ3v) is 4.44. The molecule has 0 heterocycles. The van der Waals surface area contributed by atoms with E-state index in [1.165, 1.54) is 0 Å². The van der Waals surface area contributed by atoms with Crippen molar-refractivity contribution in [1.29, 1.82) is 0 Å². The number of carbonyl (C=O) groups excluding carboxylic acids is 2. The van der Waals surface area contributed by atoms with Crippen LogP contribution in [0.4, 0.5) is 10.5 Å². The standard InChI is InChI=1S/C24H26N2O2/c1-5-17-26(19(3)18-27)24(28)25(4)23-15-13-22(14-16-23)12-11-21-9-7-20(6-2)8-10-21/h6-10,13-16,18-19H,2,5,17H2,1,3-4H3. The predicted molar refractivity (Wildman–Crippen MR) is 115 cm³/mol. The Morgan fingerprint density at radius 1 is 1.07 bits per heavy atom. The highest BCUT2D eigenvalue weighted by Gasteiger charge is 2.22. The number of carbonyl (C=O) groups is 2. The van der Waals surface area contributed by atoms with Gasteiger partial charge in [-0.15, -0.1) is 0 Å². The molecule has 0 radical (unpaired) electrons. The summed E-state index contributed by atoms with van der Waals surface area (Å²) in [5.41, 5.74) is 3.61. The van der Waals surface area contributed by atoms with Crippen LogP contribution < -0.4 is 4.90 Å². The third-order valence-electron chi connectivity index (χ3n) is 4.44. The van der Waals surface area contributed by atoms with Gasteiger partial charge in [-0.2, -0.15) is 0 Å². The maximum absolute atomic E-state index is 12.7. The maximum atomic E-state index is 12.7. The molecule has 0 fully saturated rings. The summed E-state index contributed by atoms with van der Waals surface area (Å²) >= 11 is 0. The minimum atomic E-state index is -0.451. The SMILES string of the molecule is C=Cc1ccc(C#Cc2ccc(N(C)C(=O)N(CCC)C(C)C=O)cc2)cc1. The quantitative estimate of drug-likeness (QED) is 0.548. The summed E-state index contributed by atoms with van der Waals surface area (Å²) in [5.74, 6) is 6.26. The molecular weight excluding hydrogens is 348 g/mol. The first-order valence-corrected chi connectivity index (χ1v) is 9.34. The lowest BCUT2D eigenvalue weighted by Gasteiger charge is -2.30. The summed E-state index contributed by atoms with van der Waals surface area (Å²) in [6.45, 7) is 7.99. The summed E-state index contributed by atoms with van der Waals surface area (Å²) in [6, 6.07) is 14.7. The predicted octanol–water partition coefficient (Wildman–Crippen LogP) is 4.59. The molecule has 0 saturated carbocycles. The first-order chi connectivity index (χ1) is 13.5. The molecule has 0 spiro atoms. The largest absolute Gasteiger partial charge is 0.324 e. The van der Waals surface area contributed by atoms with Crippen molar-refractivity contribution in [3.63, 3.8) is 0 Å². The third kappa shape index (κ3) is 5.34. The van der Waals surface area contributed by atoms with Crippen molar-refractivity contribution < 1.29 is 9.59 Å². The molecule has 0 aliphatic heterocycles. The molecule has 2 aromatic rings. The van der Waals surface area contributed by atoms with Gasteiger partial charge in [-0.05, 0) is 55.3 Å². The zero-order chi connectivity index (χ0) is 20.5. The second kappa shape index (κ2) is 10.1. The monoisotopic (exact) mass is 374 g/mol. The van der Waals surface area contributed by atoms with Crippen molar-refractivity contribution in [2.75, 3.05) is 18.5 Å². The Bertz CT molecular complexity index is 874. The van der Waals surface area contributed by atoms with Gasteiger partial charge < -0.3 is 9.69 Å². The van der Waals surface area contributed by atoms with Crippen LogP contribution in [0, 0.1) is 11.8 Å². The topological polar surface area (TPSA) is 40.6 Å². The van der Waals surface area contributed by atoms with Gasteiger partial charge in [0.05, 0.1) is 6.04 Å². The molecule has 2 amide bonds. The average Bonchev–Trinajstić information content (AvgIpc) is 2.75. The molecule has 0 aromatic heterocycles. The van der Waals surface area contributed by atoms with Gasteiger partial charge in [-0.25, -0.2) is 4.79 Å². The van der Waals surface area contributed by atoms with Crippen LogP contribution in [0.1, 0.15) is 37.0 Å². The molecule has 1 unspecified atom stereocenters. The number of amides is 2. The van der Waals surface area contributed by atoms with E-state index in [2.05, 4.69) is 18.4 Å². The first-order valence-electron chi connectivity index (χ1n) is 9.34. The Morgan fingerprint density at radius 3 is 2.07 bits per heavy atom. The Kier molecular flexibility index (Phi) is 7.59. The molecule has 2 aromatic carbocycles. The van der Waals surface area contributed by atoms with Crippen molar-refractivity contribution in [1.82, 2.24) is 4.90 Å². The van der Waals surface area contributed by atoms with Crippen LogP contribution >= 0.6 is 0 Å². The second-order valence-electron chi connectivity index (χ2n) is 6.53. The van der Waals surface area contributed by atoms with Crippen molar-refractivity contribution in [2.45, 2.75) is 26.3 Å². The van der Waals surface area contributed by atoms with Crippen molar-refractivity contribution >= 4 is 24.1 Å². The molecule has 4 nitrogen and oxygen atoms in total. The van der Waals surface area contributed by atoms with Gasteiger partial charge >= 0.3 is 6.03 Å². The lowest BCUT2D eigenvalue weighted by atomic mass is 10.1. The fraction of sp³-hybridized carbons (Fsp3) is 0.250. The minimum Gasteiger partial charge on any atom is -0.315 e. The highest BCUT2D eigenvalue weighted by molar-refractivity contribution is 5.93. The van der Waals surface area contributed by atoms with Crippen LogP contribution in [0.25, 0.3) is 6.08 Å². The van der Waals surface area contributed by atoms with Crippen LogP contribution in [-0.4, -0.2) is 36.9 Å². The maximum Gasteiger partial charge on any atom is 0.324 e. The smallest absolute Gasteiger partial charge is 0.315 e. The normalized spacial score (nSPS) is 11.0. The van der Waals surface area contributed by atoms with Gasteiger partial charge in [0, 0.05) is 30.4 Å². The van der Waals surface area contributed by atoms with E-state index in [1.54, 1.807) is 29.8 Å². The summed E-state index contributed by atoms with van der Waals surface area (Å²) in [4.78, 5) is 27.0. The molecule has 2 rings (SSSR count). The molecule has 1 atom stereocenters. The van der Waals surface area contributed by atoms with Gasteiger partial charge in [0.1, 0.15) is 6.29 Å². The number of nitrogens with zero attached hydrogens (tertiary/aromatic N) is 2. The number of hydrogen-bond donors (Lipinski definition) is 0. The fourth-order valence-corrected chi connectivity index (χ4v) is 2.71. The molecule has 4 heteroatoms. The first kappa shape index (κ1) is 21.0. The fourth-order valence-electron chi connectivity index (χ4n) is 2.71. The van der Waals surface area contributed by atoms with E-state index in [-0.39, 0.29) is 6.03 Å². The molecule has 0 bridgehead atoms. The Hall–Kier alpha value is -3.32. The van der Waals surface area contributed by atoms with E-state index in [4.69, 9.17) is 0 Å². The Morgan fingerprint density at radius 2 is 1.61 bits per heavy atom. The zero-order valence-corrected chi connectivity index (χ0v) is 16.7. The second-order valence-corrected chi connectivity index (χ2v) is 6.53. The number of aldehydes is 1. The van der Waals surface area contributed by atoms with Gasteiger partial charge in [-0.3, -0.25) is 4.90 Å². The number of anilines is 1. The van der Waals surface area contributed by atoms with Gasteiger partial charge in [-0.1, -0.05) is 43.6 Å². The molecule has 0 saturated heterocycles. The van der Waals surface area contributed by atoms with E-state index in [9.17, 15) is 9.59 Å². The van der Waals surface area contributed by atoms with E-state index >= 15 is 0 Å². The summed E-state index contributed by atoms with van der Waals surface area (Å²) in [7, 11) is 1.71. The lowest BCUT2D eigenvalue weighted by Crippen LogP contribution is -2.47. The van der Waals surface area contributed by atoms with Crippen LogP contribution in [-0.2, 0) is 4.79 Å². The average molecular weight is 374 g/mol. The van der Waals surface area contributed by atoms with E-state index in [1.807, 2.05) is 55.5 Å². The van der Waals surface area contributed by atoms with Crippen molar-refractivity contribution in [3.8, 4) is 11.8 Å². The van der Waals surface area contributed by atoms with Crippen LogP contribution in [0.3, 0.4) is 0 Å². The van der Waals surface area contributed by atoms with Gasteiger partial charge in [0.25, 0.3) is 0 Å². The van der Waals surface area contributed by atoms with E-state index in [0.717, 1.165) is 35.1 Å². The molecule has 144 valence electrons. The Labute approximate surface area is 167 Å². The highest BCUT2D eigenvalue weighted by Crippen LogP contribution is 2.16. The Balaban J connectivity index is 2.12. The lowest BCUT2D eigenvalue weighted by molar-refractivity contribution is -0.111. The molecule has 0 aliphatic rings. The summed E-state index contributed by atoms with van der Waals surface area (Å²) in [6.07, 6.45) is 3.38. The number of urea groups is 1. The van der Waals surface area contributed by atoms with Gasteiger partial charge in [0.2, 0.25) is 0 Å². The number of benzene rings is 2. The van der Waals surface area contributed by atoms with Crippen LogP contribution in [0.2, 0.25) is 0 Å². The minimum absolute atomic E-state index is 0.192. The van der Waals surface area contributed by atoms with E-state index < -0.39 is 6.04 Å². The number of rotatable bonds is 6. The van der Waals surface area contributed by atoms with Crippen molar-refractivity contribution in [3.05, 3.63) is 71.8 Å². The summed E-state index contributed by atoms with van der Waals surface area (Å²) in [5, 5.41) is 0. The van der Waals surface area contributed by atoms with Crippen LogP contribution in [0.5, 0.6) is 0 Å². The highest BCUT2D eigenvalue weighted by atomic mass is 16.2. The van der Waals surface area contributed by atoms with Crippen LogP contribution in [0.15, 0.2) is 55.1 Å².